The lowest BCUT2D eigenvalue weighted by Crippen LogP contribution is -2.23. The maximum atomic E-state index is 5.92. The lowest BCUT2D eigenvalue weighted by molar-refractivity contribution is -0.161. The summed E-state index contributed by atoms with van der Waals surface area (Å²) >= 11 is 0. The molecule has 1 saturated heterocycles. The zero-order valence-corrected chi connectivity index (χ0v) is 14.6. The number of rotatable bonds is 6. The average molecular weight is 325 g/mol. The zero-order chi connectivity index (χ0) is 16.6. The largest absolute Gasteiger partial charge is 0.353 e. The van der Waals surface area contributed by atoms with Crippen molar-refractivity contribution in [1.29, 1.82) is 0 Å². The second-order valence-electron chi connectivity index (χ2n) is 6.35. The molecule has 24 heavy (non-hydrogen) atoms. The molecule has 1 aliphatic heterocycles. The SMILES string of the molecule is CCCCC#Cc1[nH]c2ccccc2c1CCOC1CCCCO1. The molecule has 0 saturated carbocycles. The molecule has 1 unspecified atom stereocenters. The van der Waals surface area contributed by atoms with Crippen LogP contribution in [-0.4, -0.2) is 24.5 Å². The van der Waals surface area contributed by atoms with Crippen LogP contribution in [0.3, 0.4) is 0 Å². The van der Waals surface area contributed by atoms with Gasteiger partial charge >= 0.3 is 0 Å². The fourth-order valence-corrected chi connectivity index (χ4v) is 3.12. The van der Waals surface area contributed by atoms with Crippen molar-refractivity contribution < 1.29 is 9.47 Å². The van der Waals surface area contributed by atoms with Crippen molar-refractivity contribution in [3.05, 3.63) is 35.5 Å². The van der Waals surface area contributed by atoms with Gasteiger partial charge in [-0.05, 0) is 49.7 Å². The highest BCUT2D eigenvalue weighted by atomic mass is 16.7. The first-order valence-electron chi connectivity index (χ1n) is 9.20. The number of para-hydroxylation sites is 1. The zero-order valence-electron chi connectivity index (χ0n) is 14.6. The van der Waals surface area contributed by atoms with Crippen molar-refractivity contribution in [2.45, 2.75) is 58.2 Å². The summed E-state index contributed by atoms with van der Waals surface area (Å²) in [6, 6.07) is 8.42. The van der Waals surface area contributed by atoms with E-state index in [-0.39, 0.29) is 6.29 Å². The summed E-state index contributed by atoms with van der Waals surface area (Å²) in [5.74, 6) is 6.63. The molecule has 1 N–H and O–H groups in total. The van der Waals surface area contributed by atoms with Gasteiger partial charge in [-0.25, -0.2) is 0 Å². The van der Waals surface area contributed by atoms with Crippen LogP contribution in [-0.2, 0) is 15.9 Å². The van der Waals surface area contributed by atoms with Crippen LogP contribution in [0.4, 0.5) is 0 Å². The lowest BCUT2D eigenvalue weighted by Gasteiger charge is -2.22. The number of aromatic amines is 1. The molecule has 0 bridgehead atoms. The van der Waals surface area contributed by atoms with Gasteiger partial charge in [0, 0.05) is 23.9 Å². The summed E-state index contributed by atoms with van der Waals surface area (Å²) in [5.41, 5.74) is 3.46. The Kier molecular flexibility index (Phi) is 6.34. The molecule has 0 aliphatic carbocycles. The maximum Gasteiger partial charge on any atom is 0.157 e. The fraction of sp³-hybridized carbons (Fsp3) is 0.524. The topological polar surface area (TPSA) is 34.2 Å². The number of fused-ring (bicyclic) bond motifs is 1. The van der Waals surface area contributed by atoms with E-state index in [2.05, 4.69) is 48.0 Å². The summed E-state index contributed by atoms with van der Waals surface area (Å²) < 4.78 is 11.6. The Balaban J connectivity index is 1.70. The molecule has 3 rings (SSSR count). The molecule has 3 heteroatoms. The van der Waals surface area contributed by atoms with E-state index in [0.29, 0.717) is 6.61 Å². The third-order valence-electron chi connectivity index (χ3n) is 4.48. The summed E-state index contributed by atoms with van der Waals surface area (Å²) in [5, 5.41) is 1.26. The Bertz CT molecular complexity index is 701. The summed E-state index contributed by atoms with van der Waals surface area (Å²) in [7, 11) is 0. The Hall–Kier alpha value is -1.76. The van der Waals surface area contributed by atoms with Crippen LogP contribution in [0.25, 0.3) is 10.9 Å². The van der Waals surface area contributed by atoms with Crippen LogP contribution in [0, 0.1) is 11.8 Å². The van der Waals surface area contributed by atoms with Gasteiger partial charge in [0.05, 0.1) is 12.3 Å². The fourth-order valence-electron chi connectivity index (χ4n) is 3.12. The second kappa shape index (κ2) is 8.92. The molecule has 2 heterocycles. The molecule has 1 fully saturated rings. The van der Waals surface area contributed by atoms with Gasteiger partial charge in [0.2, 0.25) is 0 Å². The van der Waals surface area contributed by atoms with Crippen molar-refractivity contribution in [2.24, 2.45) is 0 Å². The van der Waals surface area contributed by atoms with Crippen molar-refractivity contribution >= 4 is 10.9 Å². The summed E-state index contributed by atoms with van der Waals surface area (Å²) in [6.07, 6.45) is 7.50. The van der Waals surface area contributed by atoms with Gasteiger partial charge in [-0.3, -0.25) is 0 Å². The number of hydrogen-bond acceptors (Lipinski definition) is 2. The normalized spacial score (nSPS) is 17.6. The molecule has 1 atom stereocenters. The smallest absolute Gasteiger partial charge is 0.157 e. The molecule has 0 spiro atoms. The van der Waals surface area contributed by atoms with Crippen LogP contribution >= 0.6 is 0 Å². The Morgan fingerprint density at radius 2 is 2.21 bits per heavy atom. The highest BCUT2D eigenvalue weighted by Crippen LogP contribution is 2.23. The number of unbranched alkanes of at least 4 members (excludes halogenated alkanes) is 2. The van der Waals surface area contributed by atoms with E-state index in [4.69, 9.17) is 9.47 Å². The third-order valence-corrected chi connectivity index (χ3v) is 4.48. The number of benzene rings is 1. The predicted molar refractivity (Wildman–Crippen MR) is 97.9 cm³/mol. The van der Waals surface area contributed by atoms with E-state index >= 15 is 0 Å². The highest BCUT2D eigenvalue weighted by Gasteiger charge is 2.15. The van der Waals surface area contributed by atoms with Crippen LogP contribution < -0.4 is 0 Å². The average Bonchev–Trinajstić information content (AvgIpc) is 2.97. The molecular formula is C21H27NO2. The minimum atomic E-state index is -0.0250. The minimum absolute atomic E-state index is 0.0250. The second-order valence-corrected chi connectivity index (χ2v) is 6.35. The van der Waals surface area contributed by atoms with E-state index in [0.717, 1.165) is 49.9 Å². The van der Waals surface area contributed by atoms with Crippen molar-refractivity contribution in [1.82, 2.24) is 4.98 Å². The van der Waals surface area contributed by atoms with E-state index in [9.17, 15) is 0 Å². The molecule has 128 valence electrons. The quantitative estimate of drug-likeness (QED) is 0.612. The van der Waals surface area contributed by atoms with Crippen LogP contribution in [0.2, 0.25) is 0 Å². The van der Waals surface area contributed by atoms with Gasteiger partial charge in [0.25, 0.3) is 0 Å². The van der Waals surface area contributed by atoms with Gasteiger partial charge in [-0.15, -0.1) is 0 Å². The van der Waals surface area contributed by atoms with Gasteiger partial charge in [-0.2, -0.15) is 0 Å². The first-order valence-corrected chi connectivity index (χ1v) is 9.20. The highest BCUT2D eigenvalue weighted by molar-refractivity contribution is 5.85. The first-order chi connectivity index (χ1) is 11.9. The molecule has 3 nitrogen and oxygen atoms in total. The molecule has 1 aromatic carbocycles. The summed E-state index contributed by atoms with van der Waals surface area (Å²) in [6.45, 7) is 3.70. The van der Waals surface area contributed by atoms with Crippen molar-refractivity contribution in [2.75, 3.05) is 13.2 Å². The Morgan fingerprint density at radius 3 is 3.04 bits per heavy atom. The predicted octanol–water partition coefficient (Wildman–Crippen LogP) is 4.80. The third kappa shape index (κ3) is 4.41. The molecular weight excluding hydrogens is 298 g/mol. The number of H-pyrrole nitrogens is 1. The number of hydrogen-bond donors (Lipinski definition) is 1. The van der Waals surface area contributed by atoms with Gasteiger partial charge in [0.15, 0.2) is 6.29 Å². The molecule has 1 aliphatic rings. The Labute approximate surface area is 144 Å². The first kappa shape index (κ1) is 17.1. The summed E-state index contributed by atoms with van der Waals surface area (Å²) in [4.78, 5) is 3.47. The molecule has 2 aromatic rings. The number of aromatic nitrogens is 1. The van der Waals surface area contributed by atoms with Crippen molar-refractivity contribution in [3.63, 3.8) is 0 Å². The molecule has 0 radical (unpaired) electrons. The van der Waals surface area contributed by atoms with Crippen LogP contribution in [0.15, 0.2) is 24.3 Å². The van der Waals surface area contributed by atoms with E-state index in [1.54, 1.807) is 0 Å². The van der Waals surface area contributed by atoms with Gasteiger partial charge < -0.3 is 14.5 Å². The molecule has 1 aromatic heterocycles. The van der Waals surface area contributed by atoms with Crippen LogP contribution in [0.5, 0.6) is 0 Å². The molecule has 0 amide bonds. The number of nitrogens with one attached hydrogen (secondary N) is 1. The maximum absolute atomic E-state index is 5.92. The monoisotopic (exact) mass is 325 g/mol. The van der Waals surface area contributed by atoms with Crippen LogP contribution in [0.1, 0.15) is 56.7 Å². The lowest BCUT2D eigenvalue weighted by atomic mass is 10.1. The van der Waals surface area contributed by atoms with E-state index in [1.807, 2.05) is 0 Å². The van der Waals surface area contributed by atoms with E-state index < -0.39 is 0 Å². The number of ether oxygens (including phenoxy) is 2. The Morgan fingerprint density at radius 1 is 1.29 bits per heavy atom. The van der Waals surface area contributed by atoms with E-state index in [1.165, 1.54) is 23.8 Å². The minimum Gasteiger partial charge on any atom is -0.353 e. The van der Waals surface area contributed by atoms with Crippen molar-refractivity contribution in [3.8, 4) is 11.8 Å². The van der Waals surface area contributed by atoms with Gasteiger partial charge in [0.1, 0.15) is 0 Å². The standard InChI is InChI=1S/C21H27NO2/c1-2-3-4-5-11-20-18(17-10-6-7-12-19(17)22-20)14-16-24-21-13-8-9-15-23-21/h6-7,10,12,21-22H,2-4,8-9,13-16H2,1H3. The van der Waals surface area contributed by atoms with Gasteiger partial charge in [-0.1, -0.05) is 37.5 Å².